The molecule has 24 heavy (non-hydrogen) atoms. The van der Waals surface area contributed by atoms with E-state index in [4.69, 9.17) is 9.47 Å². The summed E-state index contributed by atoms with van der Waals surface area (Å²) in [7, 11) is 1.55. The maximum Gasteiger partial charge on any atom is 0.212 e. The summed E-state index contributed by atoms with van der Waals surface area (Å²) in [4.78, 5) is 8.29. The van der Waals surface area contributed by atoms with Gasteiger partial charge in [-0.15, -0.1) is 11.8 Å². The van der Waals surface area contributed by atoms with Gasteiger partial charge < -0.3 is 24.8 Å². The smallest absolute Gasteiger partial charge is 0.212 e. The molecule has 3 rings (SSSR count). The molecule has 0 radical (unpaired) electrons. The van der Waals surface area contributed by atoms with Crippen LogP contribution in [-0.4, -0.2) is 61.9 Å². The van der Waals surface area contributed by atoms with Gasteiger partial charge in [-0.3, -0.25) is 4.98 Å². The number of pyridine rings is 2. The lowest BCUT2D eigenvalue weighted by molar-refractivity contribution is -0.0786. The summed E-state index contributed by atoms with van der Waals surface area (Å²) in [6.45, 7) is 0. The van der Waals surface area contributed by atoms with Crippen molar-refractivity contribution in [1.82, 2.24) is 9.97 Å². The maximum atomic E-state index is 10.0. The molecule has 3 heterocycles. The molecule has 0 unspecified atom stereocenters. The van der Waals surface area contributed by atoms with Crippen molar-refractivity contribution < 1.29 is 24.8 Å². The van der Waals surface area contributed by atoms with Crippen molar-refractivity contribution in [2.45, 2.75) is 23.7 Å². The number of methoxy groups -OCH3 is 1. The van der Waals surface area contributed by atoms with Crippen molar-refractivity contribution in [3.05, 3.63) is 36.8 Å². The summed E-state index contributed by atoms with van der Waals surface area (Å²) in [6, 6.07) is 5.39. The highest BCUT2D eigenvalue weighted by Gasteiger charge is 2.38. The monoisotopic (exact) mass is 350 g/mol. The fourth-order valence-electron chi connectivity index (χ4n) is 2.33. The summed E-state index contributed by atoms with van der Waals surface area (Å²) in [5, 5.41) is 29.3. The van der Waals surface area contributed by atoms with E-state index in [0.29, 0.717) is 17.4 Å². The molecule has 1 aliphatic rings. The standard InChI is InChI=1S/C16H18N2O5S/c1-22-13-3-2-9(6-18-13)10-4-11(7-17-5-10)23-16-15(21)14(20)12(19)8-24-16/h2-7,12,14-16,19-21H,8H2,1H3/t12-,14+,15-,16-/m1/s1. The van der Waals surface area contributed by atoms with Crippen molar-refractivity contribution >= 4 is 11.8 Å². The van der Waals surface area contributed by atoms with Gasteiger partial charge >= 0.3 is 0 Å². The molecular weight excluding hydrogens is 332 g/mol. The van der Waals surface area contributed by atoms with E-state index in [2.05, 4.69) is 9.97 Å². The van der Waals surface area contributed by atoms with Crippen LogP contribution >= 0.6 is 11.8 Å². The molecule has 0 saturated carbocycles. The number of hydrogen-bond acceptors (Lipinski definition) is 8. The van der Waals surface area contributed by atoms with Crippen LogP contribution in [0.3, 0.4) is 0 Å². The topological polar surface area (TPSA) is 105 Å². The van der Waals surface area contributed by atoms with Gasteiger partial charge in [0.2, 0.25) is 5.88 Å². The van der Waals surface area contributed by atoms with E-state index in [-0.39, 0.29) is 0 Å². The zero-order chi connectivity index (χ0) is 17.1. The van der Waals surface area contributed by atoms with Crippen LogP contribution in [0.4, 0.5) is 0 Å². The predicted molar refractivity (Wildman–Crippen MR) is 88.9 cm³/mol. The van der Waals surface area contributed by atoms with E-state index < -0.39 is 23.7 Å². The van der Waals surface area contributed by atoms with Crippen LogP contribution in [0.2, 0.25) is 0 Å². The van der Waals surface area contributed by atoms with Gasteiger partial charge in [0.1, 0.15) is 18.0 Å². The lowest BCUT2D eigenvalue weighted by Crippen LogP contribution is -2.50. The summed E-state index contributed by atoms with van der Waals surface area (Å²) in [6.07, 6.45) is 1.53. The molecule has 128 valence electrons. The summed E-state index contributed by atoms with van der Waals surface area (Å²) < 4.78 is 10.8. The molecule has 1 saturated heterocycles. The first kappa shape index (κ1) is 17.0. The van der Waals surface area contributed by atoms with Gasteiger partial charge in [0, 0.05) is 35.3 Å². The molecule has 1 fully saturated rings. The second-order valence-electron chi connectivity index (χ2n) is 5.37. The summed E-state index contributed by atoms with van der Waals surface area (Å²) in [5.41, 5.74) is 0.981. The molecule has 3 N–H and O–H groups in total. The molecule has 4 atom stereocenters. The molecule has 1 aliphatic heterocycles. The van der Waals surface area contributed by atoms with Crippen molar-refractivity contribution in [2.75, 3.05) is 12.9 Å². The van der Waals surface area contributed by atoms with Crippen LogP contribution < -0.4 is 9.47 Å². The predicted octanol–water partition coefficient (Wildman–Crippen LogP) is 0.687. The molecule has 0 spiro atoms. The van der Waals surface area contributed by atoms with Gasteiger partial charge in [0.15, 0.2) is 5.44 Å². The maximum absolute atomic E-state index is 10.0. The largest absolute Gasteiger partial charge is 0.481 e. The molecule has 8 heteroatoms. The average Bonchev–Trinajstić information content (AvgIpc) is 2.62. The van der Waals surface area contributed by atoms with Crippen molar-refractivity contribution in [1.29, 1.82) is 0 Å². The number of ether oxygens (including phenoxy) is 2. The van der Waals surface area contributed by atoms with Crippen LogP contribution in [0.15, 0.2) is 36.8 Å². The molecule has 0 bridgehead atoms. The van der Waals surface area contributed by atoms with Gasteiger partial charge in [0.25, 0.3) is 0 Å². The van der Waals surface area contributed by atoms with Gasteiger partial charge in [-0.25, -0.2) is 4.98 Å². The van der Waals surface area contributed by atoms with Crippen LogP contribution in [0.1, 0.15) is 0 Å². The number of aliphatic hydroxyl groups is 3. The normalized spacial score (nSPS) is 26.8. The Bertz CT molecular complexity index is 684. The zero-order valence-electron chi connectivity index (χ0n) is 12.9. The summed E-state index contributed by atoms with van der Waals surface area (Å²) in [5.74, 6) is 1.27. The first-order valence-corrected chi connectivity index (χ1v) is 8.41. The second-order valence-corrected chi connectivity index (χ2v) is 6.50. The molecular formula is C16H18N2O5S. The highest BCUT2D eigenvalue weighted by atomic mass is 32.2. The van der Waals surface area contributed by atoms with Crippen LogP contribution in [0.25, 0.3) is 11.1 Å². The van der Waals surface area contributed by atoms with Crippen molar-refractivity contribution in [3.63, 3.8) is 0 Å². The minimum Gasteiger partial charge on any atom is -0.481 e. The van der Waals surface area contributed by atoms with E-state index in [0.717, 1.165) is 11.1 Å². The average molecular weight is 350 g/mol. The number of aliphatic hydroxyl groups excluding tert-OH is 3. The lowest BCUT2D eigenvalue weighted by Gasteiger charge is -2.34. The van der Waals surface area contributed by atoms with Crippen LogP contribution in [0, 0.1) is 0 Å². The fraction of sp³-hybridized carbons (Fsp3) is 0.375. The van der Waals surface area contributed by atoms with Gasteiger partial charge in [-0.05, 0) is 12.1 Å². The lowest BCUT2D eigenvalue weighted by atomic mass is 10.1. The van der Waals surface area contributed by atoms with Gasteiger partial charge in [-0.1, -0.05) is 0 Å². The Kier molecular flexibility index (Phi) is 5.20. The van der Waals surface area contributed by atoms with Crippen LogP contribution in [0.5, 0.6) is 11.6 Å². The highest BCUT2D eigenvalue weighted by Crippen LogP contribution is 2.30. The highest BCUT2D eigenvalue weighted by molar-refractivity contribution is 7.99. The number of hydrogen-bond donors (Lipinski definition) is 3. The molecule has 0 aliphatic carbocycles. The number of aromatic nitrogens is 2. The minimum absolute atomic E-state index is 0.290. The first-order chi connectivity index (χ1) is 11.6. The third-order valence-electron chi connectivity index (χ3n) is 3.70. The second kappa shape index (κ2) is 7.35. The first-order valence-electron chi connectivity index (χ1n) is 7.36. The zero-order valence-corrected chi connectivity index (χ0v) is 13.8. The molecule has 0 amide bonds. The number of nitrogens with zero attached hydrogens (tertiary/aromatic N) is 2. The molecule has 0 aromatic carbocycles. The Morgan fingerprint density at radius 3 is 2.62 bits per heavy atom. The van der Waals surface area contributed by atoms with E-state index in [1.807, 2.05) is 6.07 Å². The van der Waals surface area contributed by atoms with Crippen molar-refractivity contribution in [2.24, 2.45) is 0 Å². The fourth-order valence-corrected chi connectivity index (χ4v) is 3.45. The van der Waals surface area contributed by atoms with E-state index >= 15 is 0 Å². The Morgan fingerprint density at radius 2 is 1.92 bits per heavy atom. The molecule has 2 aromatic heterocycles. The van der Waals surface area contributed by atoms with E-state index in [9.17, 15) is 15.3 Å². The SMILES string of the molecule is COc1ccc(-c2cncc(O[C@@H]3SC[C@@H](O)[C@H](O)[C@H]3O)c2)cn1. The van der Waals surface area contributed by atoms with E-state index in [1.165, 1.54) is 18.0 Å². The Labute approximate surface area is 143 Å². The summed E-state index contributed by atoms with van der Waals surface area (Å²) >= 11 is 1.25. The quantitative estimate of drug-likeness (QED) is 0.740. The number of rotatable bonds is 4. The van der Waals surface area contributed by atoms with Gasteiger partial charge in [-0.2, -0.15) is 0 Å². The third kappa shape index (κ3) is 3.62. The molecule has 2 aromatic rings. The van der Waals surface area contributed by atoms with Crippen molar-refractivity contribution in [3.8, 4) is 22.8 Å². The Morgan fingerprint density at radius 1 is 1.08 bits per heavy atom. The van der Waals surface area contributed by atoms with E-state index in [1.54, 1.807) is 31.6 Å². The Balaban J connectivity index is 1.75. The van der Waals surface area contributed by atoms with Gasteiger partial charge in [0.05, 0.1) is 19.4 Å². The number of thioether (sulfide) groups is 1. The third-order valence-corrected chi connectivity index (χ3v) is 4.94. The minimum atomic E-state index is -1.22. The Hall–Kier alpha value is -1.87. The molecule has 7 nitrogen and oxygen atoms in total. The van der Waals surface area contributed by atoms with Crippen LogP contribution in [-0.2, 0) is 0 Å².